The summed E-state index contributed by atoms with van der Waals surface area (Å²) in [6.07, 6.45) is 0. The first kappa shape index (κ1) is 18.0. The van der Waals surface area contributed by atoms with Crippen molar-refractivity contribution in [1.29, 1.82) is 0 Å². The Labute approximate surface area is 156 Å². The van der Waals surface area contributed by atoms with Crippen molar-refractivity contribution in [2.75, 3.05) is 7.11 Å². The van der Waals surface area contributed by atoms with Gasteiger partial charge in [0.2, 0.25) is 0 Å². The van der Waals surface area contributed by atoms with Gasteiger partial charge in [0, 0.05) is 5.02 Å². The normalized spacial score (nSPS) is 11.7. The topological polar surface area (TPSA) is 38.3 Å². The number of benzene rings is 3. The molecular weight excluding hydrogens is 353 g/mol. The zero-order valence-corrected chi connectivity index (χ0v) is 14.8. The van der Waals surface area contributed by atoms with E-state index in [2.05, 4.69) is 5.32 Å². The lowest BCUT2D eigenvalue weighted by atomic mass is 9.98. The lowest BCUT2D eigenvalue weighted by molar-refractivity contribution is 0.0939. The Bertz CT molecular complexity index is 898. The Morgan fingerprint density at radius 3 is 2.31 bits per heavy atom. The number of rotatable bonds is 5. The van der Waals surface area contributed by atoms with Crippen LogP contribution in [0.5, 0.6) is 5.75 Å². The SMILES string of the molecule is COc1ccc(C(NC(=O)c2cc(Cl)ccc2F)c2ccccc2)cc1. The minimum atomic E-state index is -0.617. The molecule has 0 aliphatic rings. The Hall–Kier alpha value is -2.85. The van der Waals surface area contributed by atoms with Crippen molar-refractivity contribution >= 4 is 17.5 Å². The van der Waals surface area contributed by atoms with Crippen LogP contribution in [0.25, 0.3) is 0 Å². The third kappa shape index (κ3) is 4.03. The monoisotopic (exact) mass is 369 g/mol. The molecule has 1 N–H and O–H groups in total. The van der Waals surface area contributed by atoms with E-state index in [1.807, 2.05) is 54.6 Å². The first-order valence-corrected chi connectivity index (χ1v) is 8.41. The highest BCUT2D eigenvalue weighted by Gasteiger charge is 2.20. The molecule has 0 saturated carbocycles. The van der Waals surface area contributed by atoms with Gasteiger partial charge in [-0.15, -0.1) is 0 Å². The summed E-state index contributed by atoms with van der Waals surface area (Å²) in [6, 6.07) is 20.3. The predicted molar refractivity (Wildman–Crippen MR) is 100 cm³/mol. The van der Waals surface area contributed by atoms with Crippen LogP contribution in [0.2, 0.25) is 5.02 Å². The van der Waals surface area contributed by atoms with Gasteiger partial charge in [0.05, 0.1) is 18.7 Å². The van der Waals surface area contributed by atoms with Gasteiger partial charge in [-0.2, -0.15) is 0 Å². The van der Waals surface area contributed by atoms with E-state index >= 15 is 0 Å². The van der Waals surface area contributed by atoms with Gasteiger partial charge >= 0.3 is 0 Å². The average molecular weight is 370 g/mol. The maximum absolute atomic E-state index is 14.0. The molecule has 0 fully saturated rings. The average Bonchev–Trinajstić information content (AvgIpc) is 2.68. The first-order chi connectivity index (χ1) is 12.6. The quantitative estimate of drug-likeness (QED) is 0.686. The molecule has 0 radical (unpaired) electrons. The summed E-state index contributed by atoms with van der Waals surface area (Å²) in [5.41, 5.74) is 1.65. The van der Waals surface area contributed by atoms with Gasteiger partial charge in [0.25, 0.3) is 5.91 Å². The van der Waals surface area contributed by atoms with Crippen molar-refractivity contribution in [3.05, 3.63) is 100 Å². The van der Waals surface area contributed by atoms with Crippen LogP contribution in [0.3, 0.4) is 0 Å². The highest BCUT2D eigenvalue weighted by atomic mass is 35.5. The van der Waals surface area contributed by atoms with E-state index in [0.717, 1.165) is 11.1 Å². The van der Waals surface area contributed by atoms with E-state index in [1.165, 1.54) is 18.2 Å². The number of nitrogens with one attached hydrogen (secondary N) is 1. The van der Waals surface area contributed by atoms with Crippen LogP contribution >= 0.6 is 11.6 Å². The Morgan fingerprint density at radius 1 is 1.00 bits per heavy atom. The van der Waals surface area contributed by atoms with Crippen molar-refractivity contribution in [3.63, 3.8) is 0 Å². The summed E-state index contributed by atoms with van der Waals surface area (Å²) < 4.78 is 19.2. The molecule has 0 spiro atoms. The molecule has 3 rings (SSSR count). The number of methoxy groups -OCH3 is 1. The third-order valence-electron chi connectivity index (χ3n) is 4.03. The molecule has 0 aliphatic heterocycles. The minimum absolute atomic E-state index is 0.0908. The van der Waals surface area contributed by atoms with E-state index < -0.39 is 17.8 Å². The lowest BCUT2D eigenvalue weighted by Gasteiger charge is -2.20. The van der Waals surface area contributed by atoms with Crippen LogP contribution in [-0.2, 0) is 0 Å². The predicted octanol–water partition coefficient (Wildman–Crippen LogP) is 5.01. The summed E-state index contributed by atoms with van der Waals surface area (Å²) in [5.74, 6) is -0.434. The highest BCUT2D eigenvalue weighted by Crippen LogP contribution is 2.25. The number of halogens is 2. The van der Waals surface area contributed by atoms with E-state index in [-0.39, 0.29) is 5.56 Å². The molecule has 0 bridgehead atoms. The molecule has 3 aromatic carbocycles. The van der Waals surface area contributed by atoms with E-state index in [9.17, 15) is 9.18 Å². The zero-order chi connectivity index (χ0) is 18.5. The van der Waals surface area contributed by atoms with Gasteiger partial charge in [-0.3, -0.25) is 4.79 Å². The maximum atomic E-state index is 14.0. The molecule has 1 amide bonds. The third-order valence-corrected chi connectivity index (χ3v) is 4.27. The molecule has 132 valence electrons. The smallest absolute Gasteiger partial charge is 0.255 e. The van der Waals surface area contributed by atoms with E-state index in [0.29, 0.717) is 10.8 Å². The van der Waals surface area contributed by atoms with Crippen LogP contribution in [0.4, 0.5) is 4.39 Å². The van der Waals surface area contributed by atoms with Crippen molar-refractivity contribution < 1.29 is 13.9 Å². The van der Waals surface area contributed by atoms with Gasteiger partial charge in [-0.25, -0.2) is 4.39 Å². The van der Waals surface area contributed by atoms with Crippen molar-refractivity contribution in [3.8, 4) is 5.75 Å². The number of ether oxygens (including phenoxy) is 1. The zero-order valence-electron chi connectivity index (χ0n) is 14.1. The second kappa shape index (κ2) is 8.02. The largest absolute Gasteiger partial charge is 0.497 e. The molecule has 5 heteroatoms. The van der Waals surface area contributed by atoms with Crippen molar-refractivity contribution in [1.82, 2.24) is 5.32 Å². The number of amides is 1. The number of carbonyl (C=O) groups is 1. The second-order valence-corrected chi connectivity index (χ2v) is 6.15. The van der Waals surface area contributed by atoms with Crippen LogP contribution in [0.1, 0.15) is 27.5 Å². The van der Waals surface area contributed by atoms with Crippen molar-refractivity contribution in [2.45, 2.75) is 6.04 Å². The van der Waals surface area contributed by atoms with E-state index in [1.54, 1.807) is 7.11 Å². The summed E-state index contributed by atoms with van der Waals surface area (Å²) in [7, 11) is 1.59. The first-order valence-electron chi connectivity index (χ1n) is 8.03. The molecule has 0 aromatic heterocycles. The number of carbonyl (C=O) groups excluding carboxylic acids is 1. The Balaban J connectivity index is 1.95. The maximum Gasteiger partial charge on any atom is 0.255 e. The van der Waals surface area contributed by atoms with E-state index in [4.69, 9.17) is 16.3 Å². The minimum Gasteiger partial charge on any atom is -0.497 e. The molecule has 0 aliphatic carbocycles. The van der Waals surface area contributed by atoms with Crippen LogP contribution in [0, 0.1) is 5.82 Å². The number of hydrogen-bond donors (Lipinski definition) is 1. The Morgan fingerprint density at radius 2 is 1.65 bits per heavy atom. The van der Waals surface area contributed by atoms with Gasteiger partial charge in [0.15, 0.2) is 0 Å². The standard InChI is InChI=1S/C21H17ClFNO2/c1-26-17-10-7-15(8-11-17)20(14-5-3-2-4-6-14)24-21(25)18-13-16(22)9-12-19(18)23/h2-13,20H,1H3,(H,24,25). The molecule has 0 heterocycles. The van der Waals surface area contributed by atoms with Crippen LogP contribution in [-0.4, -0.2) is 13.0 Å². The fraction of sp³-hybridized carbons (Fsp3) is 0.0952. The summed E-state index contributed by atoms with van der Waals surface area (Å²) >= 11 is 5.90. The van der Waals surface area contributed by atoms with Gasteiger partial charge in [0.1, 0.15) is 11.6 Å². The lowest BCUT2D eigenvalue weighted by Crippen LogP contribution is -2.30. The molecular formula is C21H17ClFNO2. The van der Waals surface area contributed by atoms with Crippen LogP contribution in [0.15, 0.2) is 72.8 Å². The molecule has 1 atom stereocenters. The molecule has 3 nitrogen and oxygen atoms in total. The fourth-order valence-electron chi connectivity index (χ4n) is 2.68. The fourth-order valence-corrected chi connectivity index (χ4v) is 2.85. The molecule has 1 unspecified atom stereocenters. The summed E-state index contributed by atoms with van der Waals surface area (Å²) in [4.78, 5) is 12.7. The summed E-state index contributed by atoms with van der Waals surface area (Å²) in [6.45, 7) is 0. The molecule has 0 saturated heterocycles. The van der Waals surface area contributed by atoms with Crippen molar-refractivity contribution in [2.24, 2.45) is 0 Å². The summed E-state index contributed by atoms with van der Waals surface area (Å²) in [5, 5.41) is 3.20. The second-order valence-electron chi connectivity index (χ2n) is 5.71. The highest BCUT2D eigenvalue weighted by molar-refractivity contribution is 6.31. The van der Waals surface area contributed by atoms with Gasteiger partial charge in [-0.05, 0) is 41.5 Å². The molecule has 26 heavy (non-hydrogen) atoms. The van der Waals surface area contributed by atoms with Gasteiger partial charge < -0.3 is 10.1 Å². The Kier molecular flexibility index (Phi) is 5.54. The number of hydrogen-bond acceptors (Lipinski definition) is 2. The molecule has 3 aromatic rings. The van der Waals surface area contributed by atoms with Gasteiger partial charge in [-0.1, -0.05) is 54.1 Å². The van der Waals surface area contributed by atoms with Crippen LogP contribution < -0.4 is 10.1 Å².